The molecule has 5 nitrogen and oxygen atoms in total. The van der Waals surface area contributed by atoms with Crippen LogP contribution in [0.5, 0.6) is 5.75 Å². The van der Waals surface area contributed by atoms with E-state index in [1.165, 1.54) is 19.2 Å². The Morgan fingerprint density at radius 2 is 1.83 bits per heavy atom. The molecule has 0 spiro atoms. The summed E-state index contributed by atoms with van der Waals surface area (Å²) in [6.45, 7) is 0. The van der Waals surface area contributed by atoms with E-state index in [0.717, 1.165) is 24.0 Å². The lowest BCUT2D eigenvalue weighted by atomic mass is 9.99. The number of hydrogen-bond acceptors (Lipinski definition) is 4. The number of rotatable bonds is 4. The molecule has 2 N–H and O–H groups in total. The number of sulfonamides is 1. The lowest BCUT2D eigenvalue weighted by Crippen LogP contribution is -2.36. The molecule has 6 heteroatoms. The molecule has 24 heavy (non-hydrogen) atoms. The number of aliphatic hydroxyl groups excluding tert-OH is 1. The molecule has 0 aliphatic heterocycles. The summed E-state index contributed by atoms with van der Waals surface area (Å²) in [4.78, 5) is 0.150. The summed E-state index contributed by atoms with van der Waals surface area (Å²) in [5.74, 6) is 0.591. The van der Waals surface area contributed by atoms with E-state index in [9.17, 15) is 13.5 Å². The third-order valence-corrected chi connectivity index (χ3v) is 5.83. The van der Waals surface area contributed by atoms with E-state index in [4.69, 9.17) is 4.74 Å². The smallest absolute Gasteiger partial charge is 0.241 e. The topological polar surface area (TPSA) is 75.6 Å². The van der Waals surface area contributed by atoms with Gasteiger partial charge in [-0.1, -0.05) is 24.3 Å². The van der Waals surface area contributed by atoms with Gasteiger partial charge in [0, 0.05) is 0 Å². The summed E-state index contributed by atoms with van der Waals surface area (Å²) in [5, 5.41) is 10.4. The van der Waals surface area contributed by atoms with Crippen LogP contribution in [0.25, 0.3) is 0 Å². The highest BCUT2D eigenvalue weighted by Crippen LogP contribution is 2.30. The number of aryl methyl sites for hydroxylation is 1. The van der Waals surface area contributed by atoms with Crippen LogP contribution < -0.4 is 9.46 Å². The molecule has 0 amide bonds. The highest BCUT2D eigenvalue weighted by molar-refractivity contribution is 7.89. The average molecular weight is 347 g/mol. The van der Waals surface area contributed by atoms with Crippen molar-refractivity contribution >= 4 is 10.0 Å². The molecule has 0 heterocycles. The van der Waals surface area contributed by atoms with Crippen LogP contribution in [0.3, 0.4) is 0 Å². The Hall–Kier alpha value is -1.89. The number of hydrogen-bond donors (Lipinski definition) is 2. The van der Waals surface area contributed by atoms with Crippen LogP contribution in [0, 0.1) is 0 Å². The van der Waals surface area contributed by atoms with Crippen LogP contribution in [0.1, 0.15) is 30.0 Å². The molecule has 2 atom stereocenters. The molecule has 0 radical (unpaired) electrons. The summed E-state index contributed by atoms with van der Waals surface area (Å²) in [6.07, 6.45) is 1.49. The first-order valence-electron chi connectivity index (χ1n) is 7.93. The maximum atomic E-state index is 12.7. The molecular formula is C18H21NO4S. The molecule has 0 aromatic heterocycles. The van der Waals surface area contributed by atoms with E-state index in [1.54, 1.807) is 12.1 Å². The van der Waals surface area contributed by atoms with Crippen molar-refractivity contribution in [3.05, 3.63) is 59.7 Å². The Kier molecular flexibility index (Phi) is 4.89. The van der Waals surface area contributed by atoms with Gasteiger partial charge in [0.1, 0.15) is 5.75 Å². The molecule has 2 aromatic carbocycles. The summed E-state index contributed by atoms with van der Waals surface area (Å²) < 4.78 is 33.1. The van der Waals surface area contributed by atoms with Crippen molar-refractivity contribution in [2.24, 2.45) is 0 Å². The predicted octanol–water partition coefficient (Wildman–Crippen LogP) is 2.41. The number of aliphatic hydroxyl groups is 1. The van der Waals surface area contributed by atoms with E-state index >= 15 is 0 Å². The van der Waals surface area contributed by atoms with Gasteiger partial charge in [0.25, 0.3) is 0 Å². The van der Waals surface area contributed by atoms with Crippen molar-refractivity contribution in [3.8, 4) is 5.75 Å². The lowest BCUT2D eigenvalue weighted by molar-refractivity contribution is 0.129. The SMILES string of the molecule is COc1ccc(S(=O)(=O)N[C@@H]2c3ccccc3CCC[C@H]2O)cc1. The summed E-state index contributed by atoms with van der Waals surface area (Å²) >= 11 is 0. The second-order valence-electron chi connectivity index (χ2n) is 5.93. The van der Waals surface area contributed by atoms with Crippen molar-refractivity contribution in [1.82, 2.24) is 4.72 Å². The van der Waals surface area contributed by atoms with E-state index in [1.807, 2.05) is 24.3 Å². The maximum absolute atomic E-state index is 12.7. The fourth-order valence-corrected chi connectivity index (χ4v) is 4.32. The molecule has 0 saturated heterocycles. The monoisotopic (exact) mass is 347 g/mol. The first kappa shape index (κ1) is 17.0. The summed E-state index contributed by atoms with van der Waals surface area (Å²) in [5.41, 5.74) is 1.93. The maximum Gasteiger partial charge on any atom is 0.241 e. The van der Waals surface area contributed by atoms with E-state index in [0.29, 0.717) is 12.2 Å². The third kappa shape index (κ3) is 3.45. The van der Waals surface area contributed by atoms with Crippen LogP contribution in [0.4, 0.5) is 0 Å². The Morgan fingerprint density at radius 3 is 2.54 bits per heavy atom. The molecule has 0 bridgehead atoms. The van der Waals surface area contributed by atoms with Crippen LogP contribution in [0.15, 0.2) is 53.4 Å². The number of ether oxygens (including phenoxy) is 1. The Labute approximate surface area is 142 Å². The standard InChI is InChI=1S/C18H21NO4S/c1-23-14-9-11-15(12-10-14)24(21,22)19-18-16-7-3-2-5-13(16)6-4-8-17(18)20/h2-3,5,7,9-12,17-20H,4,6,8H2,1H3/t17-,18-/m1/s1. The van der Waals surface area contributed by atoms with Crippen LogP contribution in [0.2, 0.25) is 0 Å². The van der Waals surface area contributed by atoms with Crippen molar-refractivity contribution < 1.29 is 18.3 Å². The van der Waals surface area contributed by atoms with Gasteiger partial charge in [-0.25, -0.2) is 13.1 Å². The van der Waals surface area contributed by atoms with Gasteiger partial charge >= 0.3 is 0 Å². The zero-order valence-electron chi connectivity index (χ0n) is 13.5. The quantitative estimate of drug-likeness (QED) is 0.833. The van der Waals surface area contributed by atoms with Gasteiger partial charge in [0.2, 0.25) is 10.0 Å². The Morgan fingerprint density at radius 1 is 1.12 bits per heavy atom. The van der Waals surface area contributed by atoms with E-state index in [2.05, 4.69) is 4.72 Å². The zero-order chi connectivity index (χ0) is 17.2. The van der Waals surface area contributed by atoms with E-state index < -0.39 is 22.2 Å². The van der Waals surface area contributed by atoms with E-state index in [-0.39, 0.29) is 4.90 Å². The molecule has 0 unspecified atom stereocenters. The second kappa shape index (κ2) is 6.93. The minimum atomic E-state index is -3.74. The molecule has 0 fully saturated rings. The van der Waals surface area contributed by atoms with Gasteiger partial charge in [-0.05, 0) is 54.7 Å². The molecule has 128 valence electrons. The molecule has 3 rings (SSSR count). The Balaban J connectivity index is 1.92. The van der Waals surface area contributed by atoms with Crippen LogP contribution >= 0.6 is 0 Å². The largest absolute Gasteiger partial charge is 0.497 e. The number of nitrogens with one attached hydrogen (secondary N) is 1. The van der Waals surface area contributed by atoms with Crippen molar-refractivity contribution in [1.29, 1.82) is 0 Å². The lowest BCUT2D eigenvalue weighted by Gasteiger charge is -2.24. The number of benzene rings is 2. The highest BCUT2D eigenvalue weighted by Gasteiger charge is 2.30. The number of methoxy groups -OCH3 is 1. The van der Waals surface area contributed by atoms with Gasteiger partial charge in [0.05, 0.1) is 24.2 Å². The zero-order valence-corrected chi connectivity index (χ0v) is 14.3. The fraction of sp³-hybridized carbons (Fsp3) is 0.333. The van der Waals surface area contributed by atoms with Crippen molar-refractivity contribution in [3.63, 3.8) is 0 Å². The van der Waals surface area contributed by atoms with Crippen LogP contribution in [-0.2, 0) is 16.4 Å². The first-order valence-corrected chi connectivity index (χ1v) is 9.42. The van der Waals surface area contributed by atoms with Gasteiger partial charge in [0.15, 0.2) is 0 Å². The minimum Gasteiger partial charge on any atom is -0.497 e. The molecule has 0 saturated carbocycles. The second-order valence-corrected chi connectivity index (χ2v) is 7.65. The normalized spacial score (nSPS) is 20.9. The third-order valence-electron chi connectivity index (χ3n) is 4.37. The van der Waals surface area contributed by atoms with Crippen molar-refractivity contribution in [2.45, 2.75) is 36.3 Å². The summed E-state index contributed by atoms with van der Waals surface area (Å²) in [7, 11) is -2.21. The molecule has 1 aliphatic rings. The van der Waals surface area contributed by atoms with Crippen LogP contribution in [-0.4, -0.2) is 26.7 Å². The molecular weight excluding hydrogens is 326 g/mol. The van der Waals surface area contributed by atoms with Gasteiger partial charge in [-0.15, -0.1) is 0 Å². The number of fused-ring (bicyclic) bond motifs is 1. The predicted molar refractivity (Wildman–Crippen MR) is 91.4 cm³/mol. The fourth-order valence-electron chi connectivity index (χ4n) is 3.07. The Bertz CT molecular complexity index is 802. The van der Waals surface area contributed by atoms with Gasteiger partial charge in [-0.2, -0.15) is 0 Å². The summed E-state index contributed by atoms with van der Waals surface area (Å²) in [6, 6.07) is 13.2. The van der Waals surface area contributed by atoms with Gasteiger partial charge in [-0.3, -0.25) is 0 Å². The highest BCUT2D eigenvalue weighted by atomic mass is 32.2. The molecule has 2 aromatic rings. The average Bonchev–Trinajstić information content (AvgIpc) is 2.74. The minimum absolute atomic E-state index is 0.150. The molecule has 1 aliphatic carbocycles. The first-order chi connectivity index (χ1) is 11.5. The van der Waals surface area contributed by atoms with Crippen molar-refractivity contribution in [2.75, 3.05) is 7.11 Å². The van der Waals surface area contributed by atoms with Gasteiger partial charge < -0.3 is 9.84 Å².